The maximum atomic E-state index is 12.1. The fourth-order valence-electron chi connectivity index (χ4n) is 1.74. The van der Waals surface area contributed by atoms with Crippen LogP contribution in [0.15, 0.2) is 30.3 Å². The van der Waals surface area contributed by atoms with Crippen molar-refractivity contribution in [2.24, 2.45) is 0 Å². The number of carbonyl (C=O) groups is 4. The standard InChI is InChI=1S/C16H20N2O4S2/c1-11(19)18-14(15(21)17-8-9-23-12(2)20)10-24-16(22)13-6-4-3-5-7-13/h3-7,14H,8-10H2,1-2H3,(H,17,21)(H,18,19)/t14-/m0/s1. The van der Waals surface area contributed by atoms with Gasteiger partial charge in [-0.05, 0) is 0 Å². The molecule has 0 spiro atoms. The van der Waals surface area contributed by atoms with Gasteiger partial charge in [0.1, 0.15) is 6.04 Å². The summed E-state index contributed by atoms with van der Waals surface area (Å²) in [5, 5.41) is 5.01. The molecule has 8 heteroatoms. The van der Waals surface area contributed by atoms with E-state index in [1.807, 2.05) is 6.07 Å². The van der Waals surface area contributed by atoms with Gasteiger partial charge in [-0.3, -0.25) is 19.2 Å². The first-order chi connectivity index (χ1) is 11.4. The highest BCUT2D eigenvalue weighted by Gasteiger charge is 2.21. The lowest BCUT2D eigenvalue weighted by atomic mass is 10.2. The minimum Gasteiger partial charge on any atom is -0.353 e. The van der Waals surface area contributed by atoms with Gasteiger partial charge in [0.25, 0.3) is 0 Å². The van der Waals surface area contributed by atoms with Crippen molar-refractivity contribution in [3.8, 4) is 0 Å². The molecular weight excluding hydrogens is 348 g/mol. The third-order valence-corrected chi connectivity index (χ3v) is 4.60. The molecule has 1 aromatic carbocycles. The van der Waals surface area contributed by atoms with Gasteiger partial charge >= 0.3 is 0 Å². The maximum Gasteiger partial charge on any atom is 0.243 e. The molecule has 0 aliphatic heterocycles. The monoisotopic (exact) mass is 368 g/mol. The number of nitrogens with one attached hydrogen (secondary N) is 2. The molecule has 1 rings (SSSR count). The quantitative estimate of drug-likeness (QED) is 0.675. The number of amides is 2. The van der Waals surface area contributed by atoms with Crippen LogP contribution in [-0.2, 0) is 14.4 Å². The maximum absolute atomic E-state index is 12.1. The summed E-state index contributed by atoms with van der Waals surface area (Å²) in [7, 11) is 0. The lowest BCUT2D eigenvalue weighted by Crippen LogP contribution is -2.48. The van der Waals surface area contributed by atoms with E-state index in [9.17, 15) is 19.2 Å². The van der Waals surface area contributed by atoms with Crippen molar-refractivity contribution in [2.75, 3.05) is 18.1 Å². The van der Waals surface area contributed by atoms with Crippen LogP contribution in [0.2, 0.25) is 0 Å². The van der Waals surface area contributed by atoms with Crippen molar-refractivity contribution in [3.05, 3.63) is 35.9 Å². The number of carbonyl (C=O) groups excluding carboxylic acids is 4. The Hall–Kier alpha value is -1.80. The van der Waals surface area contributed by atoms with Crippen LogP contribution in [0, 0.1) is 0 Å². The Morgan fingerprint density at radius 1 is 1.04 bits per heavy atom. The number of hydrogen-bond donors (Lipinski definition) is 2. The van der Waals surface area contributed by atoms with Gasteiger partial charge in [-0.15, -0.1) is 0 Å². The summed E-state index contributed by atoms with van der Waals surface area (Å²) in [6.45, 7) is 3.09. The topological polar surface area (TPSA) is 92.3 Å². The molecular formula is C16H20N2O4S2. The van der Waals surface area contributed by atoms with Crippen LogP contribution in [0.5, 0.6) is 0 Å². The molecule has 0 fully saturated rings. The second-order valence-electron chi connectivity index (χ2n) is 4.85. The van der Waals surface area contributed by atoms with Crippen LogP contribution in [0.4, 0.5) is 0 Å². The number of benzene rings is 1. The van der Waals surface area contributed by atoms with Crippen molar-refractivity contribution in [3.63, 3.8) is 0 Å². The van der Waals surface area contributed by atoms with E-state index >= 15 is 0 Å². The van der Waals surface area contributed by atoms with Gasteiger partial charge in [0.2, 0.25) is 16.9 Å². The van der Waals surface area contributed by atoms with Gasteiger partial charge in [0, 0.05) is 37.5 Å². The Morgan fingerprint density at radius 2 is 1.71 bits per heavy atom. The third-order valence-electron chi connectivity index (χ3n) is 2.79. The number of thioether (sulfide) groups is 2. The molecule has 1 atom stereocenters. The van der Waals surface area contributed by atoms with Crippen LogP contribution in [0.25, 0.3) is 0 Å². The van der Waals surface area contributed by atoms with E-state index in [4.69, 9.17) is 0 Å². The van der Waals surface area contributed by atoms with E-state index in [-0.39, 0.29) is 27.8 Å². The van der Waals surface area contributed by atoms with Gasteiger partial charge < -0.3 is 10.6 Å². The normalized spacial score (nSPS) is 11.4. The smallest absolute Gasteiger partial charge is 0.243 e. The molecule has 130 valence electrons. The van der Waals surface area contributed by atoms with Crippen LogP contribution >= 0.6 is 23.5 Å². The first-order valence-corrected chi connectivity index (χ1v) is 9.27. The van der Waals surface area contributed by atoms with Crippen molar-refractivity contribution < 1.29 is 19.2 Å². The molecule has 0 unspecified atom stereocenters. The molecule has 0 aliphatic carbocycles. The highest BCUT2D eigenvalue weighted by atomic mass is 32.2. The minimum absolute atomic E-state index is 0.0216. The molecule has 0 saturated carbocycles. The highest BCUT2D eigenvalue weighted by Crippen LogP contribution is 2.13. The van der Waals surface area contributed by atoms with Crippen LogP contribution in [0.3, 0.4) is 0 Å². The summed E-state index contributed by atoms with van der Waals surface area (Å²) in [4.78, 5) is 46.3. The van der Waals surface area contributed by atoms with E-state index in [1.54, 1.807) is 24.3 Å². The Labute approximate surface area is 149 Å². The highest BCUT2D eigenvalue weighted by molar-refractivity contribution is 8.14. The third kappa shape index (κ3) is 8.16. The Kier molecular flexibility index (Phi) is 9.18. The predicted molar refractivity (Wildman–Crippen MR) is 97.0 cm³/mol. The van der Waals surface area contributed by atoms with Crippen molar-refractivity contribution in [1.29, 1.82) is 0 Å². The van der Waals surface area contributed by atoms with E-state index < -0.39 is 6.04 Å². The van der Waals surface area contributed by atoms with Gasteiger partial charge in [-0.2, -0.15) is 0 Å². The zero-order valence-corrected chi connectivity index (χ0v) is 15.2. The first kappa shape index (κ1) is 20.2. The van der Waals surface area contributed by atoms with Gasteiger partial charge in [0.05, 0.1) is 0 Å². The molecule has 2 N–H and O–H groups in total. The molecule has 0 aliphatic rings. The molecule has 0 bridgehead atoms. The van der Waals surface area contributed by atoms with Crippen LogP contribution in [-0.4, -0.2) is 46.1 Å². The Balaban J connectivity index is 2.52. The van der Waals surface area contributed by atoms with Crippen LogP contribution in [0.1, 0.15) is 24.2 Å². The summed E-state index contributed by atoms with van der Waals surface area (Å²) < 4.78 is 0. The Bertz CT molecular complexity index is 593. The summed E-state index contributed by atoms with van der Waals surface area (Å²) in [6.07, 6.45) is 0. The van der Waals surface area contributed by atoms with Gasteiger partial charge in [-0.1, -0.05) is 53.9 Å². The van der Waals surface area contributed by atoms with Crippen molar-refractivity contribution in [1.82, 2.24) is 10.6 Å². The second kappa shape index (κ2) is 10.9. The SMILES string of the molecule is CC(=O)N[C@@H](CSC(=O)c1ccccc1)C(=O)NCCSC(C)=O. The lowest BCUT2D eigenvalue weighted by molar-refractivity contribution is -0.127. The van der Waals surface area contributed by atoms with Crippen molar-refractivity contribution in [2.45, 2.75) is 19.9 Å². The predicted octanol–water partition coefficient (Wildman–Crippen LogP) is 1.46. The first-order valence-electron chi connectivity index (χ1n) is 7.30. The summed E-state index contributed by atoms with van der Waals surface area (Å²) >= 11 is 2.09. The lowest BCUT2D eigenvalue weighted by Gasteiger charge is -2.16. The van der Waals surface area contributed by atoms with Crippen LogP contribution < -0.4 is 10.6 Å². The average molecular weight is 368 g/mol. The molecule has 0 radical (unpaired) electrons. The van der Waals surface area contributed by atoms with E-state index in [1.165, 1.54) is 13.8 Å². The van der Waals surface area contributed by atoms with Crippen molar-refractivity contribution >= 4 is 45.6 Å². The Morgan fingerprint density at radius 3 is 2.29 bits per heavy atom. The zero-order valence-electron chi connectivity index (χ0n) is 13.5. The second-order valence-corrected chi connectivity index (χ2v) is 7.11. The molecule has 0 saturated heterocycles. The molecule has 0 heterocycles. The molecule has 1 aromatic rings. The number of rotatable bonds is 8. The fraction of sp³-hybridized carbons (Fsp3) is 0.375. The summed E-state index contributed by atoms with van der Waals surface area (Å²) in [5.74, 6) is -0.119. The number of hydrogen-bond acceptors (Lipinski definition) is 6. The van der Waals surface area contributed by atoms with E-state index in [2.05, 4.69) is 10.6 Å². The minimum atomic E-state index is -0.803. The molecule has 0 aromatic heterocycles. The van der Waals surface area contributed by atoms with Gasteiger partial charge in [-0.25, -0.2) is 0 Å². The van der Waals surface area contributed by atoms with E-state index in [0.717, 1.165) is 23.5 Å². The van der Waals surface area contributed by atoms with Gasteiger partial charge in [0.15, 0.2) is 5.12 Å². The molecule has 24 heavy (non-hydrogen) atoms. The largest absolute Gasteiger partial charge is 0.353 e. The zero-order chi connectivity index (χ0) is 17.9. The summed E-state index contributed by atoms with van der Waals surface area (Å²) in [6, 6.07) is 7.93. The van der Waals surface area contributed by atoms with E-state index in [0.29, 0.717) is 17.9 Å². The fourth-order valence-corrected chi connectivity index (χ4v) is 3.08. The molecule has 6 nitrogen and oxygen atoms in total. The summed E-state index contributed by atoms with van der Waals surface area (Å²) in [5.41, 5.74) is 0.544. The molecule has 2 amide bonds. The average Bonchev–Trinajstić information content (AvgIpc) is 2.55.